The maximum absolute atomic E-state index is 13.5. The third-order valence-electron chi connectivity index (χ3n) is 3.86. The Hall–Kier alpha value is -1.50. The first-order valence-corrected chi connectivity index (χ1v) is 7.23. The van der Waals surface area contributed by atoms with Crippen molar-refractivity contribution < 1.29 is 9.18 Å². The van der Waals surface area contributed by atoms with Crippen LogP contribution in [0.4, 0.5) is 4.39 Å². The van der Waals surface area contributed by atoms with Crippen molar-refractivity contribution in [2.75, 3.05) is 39.8 Å². The maximum atomic E-state index is 13.5. The van der Waals surface area contributed by atoms with E-state index in [0.717, 1.165) is 19.6 Å². The fourth-order valence-corrected chi connectivity index (χ4v) is 2.56. The van der Waals surface area contributed by atoms with Crippen LogP contribution in [0.5, 0.6) is 0 Å². The van der Waals surface area contributed by atoms with E-state index in [-0.39, 0.29) is 24.3 Å². The van der Waals surface area contributed by atoms with Gasteiger partial charge >= 0.3 is 0 Å². The van der Waals surface area contributed by atoms with Crippen LogP contribution < -0.4 is 11.1 Å². The van der Waals surface area contributed by atoms with Gasteiger partial charge < -0.3 is 16.0 Å². The van der Waals surface area contributed by atoms with Crippen molar-refractivity contribution in [1.29, 1.82) is 0 Å². The second-order valence-corrected chi connectivity index (χ2v) is 5.49. The molecule has 1 saturated heterocycles. The molecule has 1 fully saturated rings. The third-order valence-corrected chi connectivity index (χ3v) is 3.86. The number of carbonyl (C=O) groups excluding carboxylic acids is 1. The lowest BCUT2D eigenvalue weighted by atomic mass is 10.1. The highest BCUT2D eigenvalue weighted by molar-refractivity contribution is 5.78. The molecule has 1 amide bonds. The number of nitrogens with two attached hydrogens (primary N) is 1. The fourth-order valence-electron chi connectivity index (χ4n) is 2.56. The molecule has 1 heterocycles. The Balaban J connectivity index is 1.83. The normalized spacial score (nSPS) is 20.4. The van der Waals surface area contributed by atoms with Gasteiger partial charge in [-0.25, -0.2) is 4.39 Å². The van der Waals surface area contributed by atoms with Gasteiger partial charge in [-0.1, -0.05) is 18.2 Å². The molecule has 116 valence electrons. The molecule has 6 heteroatoms. The summed E-state index contributed by atoms with van der Waals surface area (Å²) in [7, 11) is 2.05. The van der Waals surface area contributed by atoms with Crippen molar-refractivity contribution >= 4 is 5.91 Å². The highest BCUT2D eigenvalue weighted by Crippen LogP contribution is 2.08. The van der Waals surface area contributed by atoms with Gasteiger partial charge in [-0.05, 0) is 13.1 Å². The lowest BCUT2D eigenvalue weighted by Gasteiger charge is -2.39. The Morgan fingerprint density at radius 1 is 1.43 bits per heavy atom. The third kappa shape index (κ3) is 4.49. The van der Waals surface area contributed by atoms with Crippen LogP contribution in [0.3, 0.4) is 0 Å². The van der Waals surface area contributed by atoms with Gasteiger partial charge in [-0.3, -0.25) is 9.69 Å². The summed E-state index contributed by atoms with van der Waals surface area (Å²) in [5.74, 6) is -0.390. The van der Waals surface area contributed by atoms with E-state index in [2.05, 4.69) is 22.2 Å². The number of amides is 1. The van der Waals surface area contributed by atoms with Crippen LogP contribution >= 0.6 is 0 Å². The minimum absolute atomic E-state index is 0.0961. The molecule has 1 aliphatic heterocycles. The molecule has 1 aliphatic rings. The quantitative estimate of drug-likeness (QED) is 0.803. The summed E-state index contributed by atoms with van der Waals surface area (Å²) in [6.07, 6.45) is 0. The van der Waals surface area contributed by atoms with Crippen LogP contribution in [0.1, 0.15) is 5.56 Å². The number of hydrogen-bond donors (Lipinski definition) is 2. The Morgan fingerprint density at radius 3 is 2.90 bits per heavy atom. The zero-order valence-corrected chi connectivity index (χ0v) is 12.4. The van der Waals surface area contributed by atoms with Crippen LogP contribution in [0, 0.1) is 5.82 Å². The van der Waals surface area contributed by atoms with Crippen LogP contribution in [-0.2, 0) is 11.3 Å². The molecule has 0 aromatic heterocycles. The first kappa shape index (κ1) is 15.9. The zero-order valence-electron chi connectivity index (χ0n) is 12.4. The topological polar surface area (TPSA) is 61.6 Å². The second-order valence-electron chi connectivity index (χ2n) is 5.49. The van der Waals surface area contributed by atoms with E-state index < -0.39 is 0 Å². The van der Waals surface area contributed by atoms with Gasteiger partial charge in [0.2, 0.25) is 5.91 Å². The van der Waals surface area contributed by atoms with Gasteiger partial charge in [0, 0.05) is 44.3 Å². The first-order valence-electron chi connectivity index (χ1n) is 7.23. The summed E-state index contributed by atoms with van der Waals surface area (Å²) in [4.78, 5) is 16.3. The van der Waals surface area contributed by atoms with Crippen molar-refractivity contribution in [3.63, 3.8) is 0 Å². The number of piperazine rings is 1. The average molecular weight is 294 g/mol. The highest BCUT2D eigenvalue weighted by atomic mass is 19.1. The van der Waals surface area contributed by atoms with Crippen LogP contribution in [0.15, 0.2) is 24.3 Å². The molecule has 0 spiro atoms. The number of nitrogens with zero attached hydrogens (tertiary/aromatic N) is 2. The lowest BCUT2D eigenvalue weighted by Crippen LogP contribution is -2.56. The summed E-state index contributed by atoms with van der Waals surface area (Å²) in [6.45, 7) is 3.68. The van der Waals surface area contributed by atoms with Gasteiger partial charge in [0.15, 0.2) is 0 Å². The lowest BCUT2D eigenvalue weighted by molar-refractivity contribution is -0.123. The van der Waals surface area contributed by atoms with Gasteiger partial charge in [-0.2, -0.15) is 0 Å². The van der Waals surface area contributed by atoms with E-state index in [1.54, 1.807) is 18.2 Å². The number of nitrogens with one attached hydrogen (secondary N) is 1. The molecular formula is C15H23FN4O. The summed E-state index contributed by atoms with van der Waals surface area (Å²) in [5, 5.41) is 2.77. The molecule has 0 bridgehead atoms. The van der Waals surface area contributed by atoms with Gasteiger partial charge in [-0.15, -0.1) is 0 Å². The van der Waals surface area contributed by atoms with E-state index in [1.165, 1.54) is 6.07 Å². The van der Waals surface area contributed by atoms with Crippen molar-refractivity contribution in [3.8, 4) is 0 Å². The highest BCUT2D eigenvalue weighted by Gasteiger charge is 2.25. The van der Waals surface area contributed by atoms with Crippen LogP contribution in [0.2, 0.25) is 0 Å². The molecule has 0 aliphatic carbocycles. The Labute approximate surface area is 124 Å². The number of hydrogen-bond acceptors (Lipinski definition) is 4. The van der Waals surface area contributed by atoms with Crippen molar-refractivity contribution in [2.45, 2.75) is 12.6 Å². The molecule has 5 nitrogen and oxygen atoms in total. The predicted octanol–water partition coefficient (Wildman–Crippen LogP) is 0.0166. The maximum Gasteiger partial charge on any atom is 0.234 e. The Bertz CT molecular complexity index is 482. The molecule has 3 N–H and O–H groups in total. The van der Waals surface area contributed by atoms with Gasteiger partial charge in [0.1, 0.15) is 5.82 Å². The predicted molar refractivity (Wildman–Crippen MR) is 80.2 cm³/mol. The van der Waals surface area contributed by atoms with Crippen LogP contribution in [0.25, 0.3) is 0 Å². The molecule has 1 aromatic rings. The zero-order chi connectivity index (χ0) is 15.2. The van der Waals surface area contributed by atoms with E-state index in [9.17, 15) is 9.18 Å². The van der Waals surface area contributed by atoms with Crippen LogP contribution in [-0.4, -0.2) is 61.5 Å². The van der Waals surface area contributed by atoms with Crippen molar-refractivity contribution in [3.05, 3.63) is 35.6 Å². The first-order chi connectivity index (χ1) is 10.1. The number of likely N-dealkylation sites (N-methyl/N-ethyl adjacent to an activating group) is 1. The molecule has 0 saturated carbocycles. The fraction of sp³-hybridized carbons (Fsp3) is 0.533. The van der Waals surface area contributed by atoms with E-state index >= 15 is 0 Å². The number of benzene rings is 1. The van der Waals surface area contributed by atoms with E-state index in [4.69, 9.17) is 5.73 Å². The number of halogens is 1. The summed E-state index contributed by atoms with van der Waals surface area (Å²) >= 11 is 0. The standard InChI is InChI=1S/C15H23FN4O/c1-19-6-7-20(13(8-17)10-19)11-15(21)18-9-12-4-2-3-5-14(12)16/h2-5,13H,6-11,17H2,1H3,(H,18,21). The number of carbonyl (C=O) groups is 1. The Kier molecular flexibility index (Phi) is 5.67. The SMILES string of the molecule is CN1CCN(CC(=O)NCc2ccccc2F)C(CN)C1. The Morgan fingerprint density at radius 2 is 2.19 bits per heavy atom. The summed E-state index contributed by atoms with van der Waals surface area (Å²) < 4.78 is 13.5. The van der Waals surface area contributed by atoms with Crippen molar-refractivity contribution in [1.82, 2.24) is 15.1 Å². The molecular weight excluding hydrogens is 271 g/mol. The monoisotopic (exact) mass is 294 g/mol. The molecule has 0 radical (unpaired) electrons. The average Bonchev–Trinajstić information content (AvgIpc) is 2.48. The summed E-state index contributed by atoms with van der Waals surface area (Å²) in [5.41, 5.74) is 6.27. The second kappa shape index (κ2) is 7.49. The largest absolute Gasteiger partial charge is 0.351 e. The molecule has 1 aromatic carbocycles. The molecule has 1 atom stereocenters. The van der Waals surface area contributed by atoms with Crippen molar-refractivity contribution in [2.24, 2.45) is 5.73 Å². The summed E-state index contributed by atoms with van der Waals surface area (Å²) in [6, 6.07) is 6.66. The minimum Gasteiger partial charge on any atom is -0.351 e. The molecule has 2 rings (SSSR count). The van der Waals surface area contributed by atoms with Gasteiger partial charge in [0.25, 0.3) is 0 Å². The van der Waals surface area contributed by atoms with E-state index in [0.29, 0.717) is 18.7 Å². The molecule has 21 heavy (non-hydrogen) atoms. The van der Waals surface area contributed by atoms with E-state index in [1.807, 2.05) is 0 Å². The molecule has 1 unspecified atom stereocenters. The minimum atomic E-state index is -0.294. The number of rotatable bonds is 5. The smallest absolute Gasteiger partial charge is 0.234 e. The van der Waals surface area contributed by atoms with Gasteiger partial charge in [0.05, 0.1) is 6.54 Å².